The normalized spacial score (nSPS) is 41.5. The van der Waals surface area contributed by atoms with Crippen molar-refractivity contribution in [1.29, 1.82) is 0 Å². The van der Waals surface area contributed by atoms with Crippen LogP contribution in [0.2, 0.25) is 0 Å². The molecule has 0 radical (unpaired) electrons. The summed E-state index contributed by atoms with van der Waals surface area (Å²) in [6.07, 6.45) is 12.3. The molecular weight excluding hydrogens is 544 g/mol. The molecule has 8 atom stereocenters. The fraction of sp³-hybridized carbons (Fsp3) is 0.882. The number of ether oxygens (including phenoxy) is 2. The highest BCUT2D eigenvalue weighted by Crippen LogP contribution is 2.70. The van der Waals surface area contributed by atoms with Gasteiger partial charge in [0, 0.05) is 44.2 Å². The van der Waals surface area contributed by atoms with Gasteiger partial charge in [-0.15, -0.1) is 0 Å². The van der Waals surface area contributed by atoms with Crippen molar-refractivity contribution in [3.63, 3.8) is 0 Å². The van der Waals surface area contributed by atoms with Gasteiger partial charge in [0.2, 0.25) is 0 Å². The molecule has 0 spiro atoms. The molecule has 1 amide bonds. The first-order valence-electron chi connectivity index (χ1n) is 17.3. The fourth-order valence-electron chi connectivity index (χ4n) is 10.7. The third-order valence-corrected chi connectivity index (χ3v) is 13.3. The van der Waals surface area contributed by atoms with E-state index in [0.717, 1.165) is 122 Å². The van der Waals surface area contributed by atoms with Crippen molar-refractivity contribution in [3.05, 3.63) is 11.6 Å². The maximum Gasteiger partial charge on any atom is 0.407 e. The lowest BCUT2D eigenvalue weighted by Gasteiger charge is -2.63. The molecule has 6 rings (SSSR count). The van der Waals surface area contributed by atoms with Gasteiger partial charge in [-0.3, -0.25) is 0 Å². The van der Waals surface area contributed by atoms with Crippen LogP contribution in [0.1, 0.15) is 84.5 Å². The minimum absolute atomic E-state index is 0.0177. The number of piperazine rings is 1. The van der Waals surface area contributed by atoms with Gasteiger partial charge in [0.05, 0.1) is 5.60 Å². The van der Waals surface area contributed by atoms with E-state index in [1.54, 1.807) is 6.08 Å². The van der Waals surface area contributed by atoms with E-state index in [9.17, 15) is 14.7 Å². The lowest BCUT2D eigenvalue weighted by Crippen LogP contribution is -2.62. The maximum atomic E-state index is 12.7. The van der Waals surface area contributed by atoms with E-state index in [1.165, 1.54) is 0 Å². The Morgan fingerprint density at radius 1 is 1.02 bits per heavy atom. The quantitative estimate of drug-likeness (QED) is 0.271. The van der Waals surface area contributed by atoms with Gasteiger partial charge >= 0.3 is 12.1 Å². The molecule has 0 unspecified atom stereocenters. The van der Waals surface area contributed by atoms with E-state index in [-0.39, 0.29) is 34.9 Å². The number of fused-ring (bicyclic) bond motifs is 5. The van der Waals surface area contributed by atoms with Crippen molar-refractivity contribution in [2.24, 2.45) is 40.2 Å². The van der Waals surface area contributed by atoms with Gasteiger partial charge in [-0.25, -0.2) is 9.59 Å². The fourth-order valence-corrected chi connectivity index (χ4v) is 10.7. The van der Waals surface area contributed by atoms with Crippen LogP contribution < -0.4 is 11.1 Å². The Bertz CT molecular complexity index is 1060. The molecule has 5 fully saturated rings. The lowest BCUT2D eigenvalue weighted by atomic mass is 9.43. The zero-order chi connectivity index (χ0) is 30.2. The van der Waals surface area contributed by atoms with Crippen molar-refractivity contribution < 1.29 is 24.2 Å². The summed E-state index contributed by atoms with van der Waals surface area (Å²) < 4.78 is 11.2. The number of nitrogens with one attached hydrogen (secondary N) is 1. The number of amides is 1. The molecule has 2 aliphatic heterocycles. The third kappa shape index (κ3) is 5.88. The van der Waals surface area contributed by atoms with Crippen molar-refractivity contribution in [3.8, 4) is 0 Å². The third-order valence-electron chi connectivity index (χ3n) is 13.3. The number of alkyl carbamates (subject to hydrolysis) is 1. The van der Waals surface area contributed by atoms with Crippen LogP contribution in [-0.4, -0.2) is 97.6 Å². The summed E-state index contributed by atoms with van der Waals surface area (Å²) in [5.41, 5.74) is 6.02. The number of hydrogen-bond acceptors (Lipinski definition) is 8. The molecule has 2 heterocycles. The summed E-state index contributed by atoms with van der Waals surface area (Å²) in [7, 11) is 0. The van der Waals surface area contributed by atoms with Gasteiger partial charge in [-0.2, -0.15) is 0 Å². The Labute approximate surface area is 258 Å². The maximum absolute atomic E-state index is 12.7. The lowest BCUT2D eigenvalue weighted by molar-refractivity contribution is -0.208. The highest BCUT2D eigenvalue weighted by atomic mass is 16.6. The van der Waals surface area contributed by atoms with Crippen LogP contribution in [-0.2, 0) is 14.3 Å². The first-order valence-corrected chi connectivity index (χ1v) is 17.3. The van der Waals surface area contributed by atoms with E-state index < -0.39 is 5.60 Å². The Hall–Kier alpha value is -1.68. The molecule has 4 N–H and O–H groups in total. The number of carbonyl (C=O) groups excluding carboxylic acids is 2. The Kier molecular flexibility index (Phi) is 9.18. The van der Waals surface area contributed by atoms with Crippen molar-refractivity contribution in [2.75, 3.05) is 59.0 Å². The van der Waals surface area contributed by atoms with E-state index >= 15 is 0 Å². The predicted molar refractivity (Wildman–Crippen MR) is 165 cm³/mol. The van der Waals surface area contributed by atoms with Crippen LogP contribution in [0.15, 0.2) is 11.6 Å². The van der Waals surface area contributed by atoms with Gasteiger partial charge < -0.3 is 35.4 Å². The topological polar surface area (TPSA) is 117 Å². The average molecular weight is 601 g/mol. The minimum atomic E-state index is -0.688. The Morgan fingerprint density at radius 3 is 2.47 bits per heavy atom. The Balaban J connectivity index is 0.963. The standard InChI is InChI=1S/C34H56N4O5/c1-32-10-7-26(43-31(40)36-14-4-16-38-19-17-37(18-20-38)15-3-13-35)22-25(32)5-6-29-28(32)8-11-33(2)27(9-12-34(29,33)41)24-21-30(39)42-23-24/h21,25-29,41H,3-20,22-23,35H2,1-2H3,(H,36,40)/t25-,26+,27-,28+,29-,32+,33-,34+/m1/s1. The second-order valence-electron chi connectivity index (χ2n) is 15.2. The van der Waals surface area contributed by atoms with Gasteiger partial charge in [0.1, 0.15) is 12.7 Å². The van der Waals surface area contributed by atoms with Gasteiger partial charge in [-0.1, -0.05) is 13.8 Å². The van der Waals surface area contributed by atoms with Gasteiger partial charge in [-0.05, 0) is 125 Å². The minimum Gasteiger partial charge on any atom is -0.458 e. The van der Waals surface area contributed by atoms with E-state index in [0.29, 0.717) is 30.9 Å². The van der Waals surface area contributed by atoms with Crippen LogP contribution >= 0.6 is 0 Å². The molecule has 9 heteroatoms. The molecule has 0 aromatic rings. The van der Waals surface area contributed by atoms with E-state index in [4.69, 9.17) is 15.2 Å². The second-order valence-corrected chi connectivity index (χ2v) is 15.2. The number of rotatable bonds is 9. The van der Waals surface area contributed by atoms with Crippen molar-refractivity contribution >= 4 is 12.1 Å². The number of nitrogens with two attached hydrogens (primary N) is 1. The molecule has 43 heavy (non-hydrogen) atoms. The van der Waals surface area contributed by atoms with E-state index in [1.807, 2.05) is 0 Å². The molecule has 0 aromatic heterocycles. The SMILES string of the molecule is C[C@]12CC[C@H](OC(=O)NCCCN3CCN(CCCN)CC3)C[C@H]1CC[C@@H]1[C@@H]2CC[C@]2(C)[C@@H](C3=CC(=O)OC3)CC[C@]12O. The summed E-state index contributed by atoms with van der Waals surface area (Å²) in [4.78, 5) is 29.5. The highest BCUT2D eigenvalue weighted by molar-refractivity contribution is 5.85. The first kappa shape index (κ1) is 31.3. The number of carbonyl (C=O) groups is 2. The number of esters is 1. The van der Waals surface area contributed by atoms with Gasteiger partial charge in [0.15, 0.2) is 0 Å². The van der Waals surface area contributed by atoms with Crippen molar-refractivity contribution in [1.82, 2.24) is 15.1 Å². The molecule has 9 nitrogen and oxygen atoms in total. The van der Waals surface area contributed by atoms with Gasteiger partial charge in [0.25, 0.3) is 0 Å². The monoisotopic (exact) mass is 600 g/mol. The van der Waals surface area contributed by atoms with E-state index in [2.05, 4.69) is 29.0 Å². The summed E-state index contributed by atoms with van der Waals surface area (Å²) in [5.74, 6) is 1.32. The second kappa shape index (κ2) is 12.6. The zero-order valence-corrected chi connectivity index (χ0v) is 26.7. The molecule has 242 valence electrons. The summed E-state index contributed by atoms with van der Waals surface area (Å²) in [6.45, 7) is 13.0. The van der Waals surface area contributed by atoms with Crippen LogP contribution in [0.5, 0.6) is 0 Å². The molecule has 0 bridgehead atoms. The van der Waals surface area contributed by atoms with Crippen LogP contribution in [0.4, 0.5) is 4.79 Å². The number of nitrogens with zero attached hydrogens (tertiary/aromatic N) is 2. The smallest absolute Gasteiger partial charge is 0.407 e. The van der Waals surface area contributed by atoms with Crippen molar-refractivity contribution in [2.45, 2.75) is 96.2 Å². The predicted octanol–water partition coefficient (Wildman–Crippen LogP) is 3.69. The average Bonchev–Trinajstić information content (AvgIpc) is 3.54. The molecule has 6 aliphatic rings. The summed E-state index contributed by atoms with van der Waals surface area (Å²) >= 11 is 0. The van der Waals surface area contributed by atoms with Crippen LogP contribution in [0.3, 0.4) is 0 Å². The van der Waals surface area contributed by atoms with Crippen LogP contribution in [0, 0.1) is 34.5 Å². The molecule has 4 saturated carbocycles. The molecule has 0 aromatic carbocycles. The first-order chi connectivity index (χ1) is 20.7. The Morgan fingerprint density at radius 2 is 1.77 bits per heavy atom. The summed E-state index contributed by atoms with van der Waals surface area (Å²) in [5, 5.41) is 15.4. The molecular formula is C34H56N4O5. The molecule has 1 saturated heterocycles. The number of hydrogen-bond donors (Lipinski definition) is 3. The highest BCUT2D eigenvalue weighted by Gasteiger charge is 2.67. The van der Waals surface area contributed by atoms with Crippen LogP contribution in [0.25, 0.3) is 0 Å². The summed E-state index contributed by atoms with van der Waals surface area (Å²) in [6, 6.07) is 0. The zero-order valence-electron chi connectivity index (χ0n) is 26.7. The largest absolute Gasteiger partial charge is 0.458 e. The molecule has 4 aliphatic carbocycles. The number of aliphatic hydroxyl groups is 1. The number of cyclic esters (lactones) is 1.